The lowest BCUT2D eigenvalue weighted by molar-refractivity contribution is 0.154. The summed E-state index contributed by atoms with van der Waals surface area (Å²) in [7, 11) is 0. The second-order valence-electron chi connectivity index (χ2n) is 5.04. The first-order chi connectivity index (χ1) is 5.46. The number of rotatable bonds is 1. The average molecular weight is 166 g/mol. The predicted octanol–water partition coefficient (Wildman–Crippen LogP) is 4.02. The first-order valence-electron chi connectivity index (χ1n) is 5.12. The molecule has 0 spiro atoms. The van der Waals surface area contributed by atoms with E-state index >= 15 is 0 Å². The monoisotopic (exact) mass is 166 g/mol. The van der Waals surface area contributed by atoms with E-state index in [0.717, 1.165) is 11.8 Å². The van der Waals surface area contributed by atoms with Crippen molar-refractivity contribution in [3.63, 3.8) is 0 Å². The summed E-state index contributed by atoms with van der Waals surface area (Å²) in [4.78, 5) is 0. The summed E-state index contributed by atoms with van der Waals surface area (Å²) in [6.07, 6.45) is 4.06. The molecule has 0 heteroatoms. The molecule has 0 aliphatic heterocycles. The van der Waals surface area contributed by atoms with Gasteiger partial charge in [-0.05, 0) is 43.4 Å². The number of hydrogen-bond donors (Lipinski definition) is 0. The number of hydrogen-bond acceptors (Lipinski definition) is 0. The van der Waals surface area contributed by atoms with Gasteiger partial charge in [-0.3, -0.25) is 0 Å². The van der Waals surface area contributed by atoms with Crippen molar-refractivity contribution >= 4 is 0 Å². The highest BCUT2D eigenvalue weighted by atomic mass is 14.4. The normalized spacial score (nSPS) is 42.7. The molecule has 0 radical (unpaired) electrons. The molecular weight excluding hydrogens is 144 g/mol. The van der Waals surface area contributed by atoms with Gasteiger partial charge in [-0.1, -0.05) is 32.9 Å². The highest BCUT2D eigenvalue weighted by Gasteiger charge is 2.34. The number of allylic oxidation sites excluding steroid dienone is 1. The predicted molar refractivity (Wildman–Crippen MR) is 55.1 cm³/mol. The van der Waals surface area contributed by atoms with Crippen molar-refractivity contribution < 1.29 is 0 Å². The summed E-state index contributed by atoms with van der Waals surface area (Å²) >= 11 is 0. The van der Waals surface area contributed by atoms with E-state index in [4.69, 9.17) is 0 Å². The summed E-state index contributed by atoms with van der Waals surface area (Å²) in [5, 5.41) is 0. The van der Waals surface area contributed by atoms with Crippen molar-refractivity contribution in [2.45, 2.75) is 47.0 Å². The molecule has 0 heterocycles. The molecule has 1 aliphatic carbocycles. The molecular formula is C12H22. The van der Waals surface area contributed by atoms with E-state index in [2.05, 4.69) is 34.3 Å². The van der Waals surface area contributed by atoms with Gasteiger partial charge in [0.05, 0.1) is 0 Å². The van der Waals surface area contributed by atoms with Gasteiger partial charge < -0.3 is 0 Å². The summed E-state index contributed by atoms with van der Waals surface area (Å²) < 4.78 is 0. The molecule has 1 fully saturated rings. The van der Waals surface area contributed by atoms with Crippen molar-refractivity contribution in [3.8, 4) is 0 Å². The van der Waals surface area contributed by atoms with Gasteiger partial charge in [0.2, 0.25) is 0 Å². The van der Waals surface area contributed by atoms with Crippen LogP contribution in [0.3, 0.4) is 0 Å². The van der Waals surface area contributed by atoms with Gasteiger partial charge in [0.15, 0.2) is 0 Å². The molecule has 3 unspecified atom stereocenters. The third-order valence-electron chi connectivity index (χ3n) is 3.93. The van der Waals surface area contributed by atoms with Crippen LogP contribution >= 0.6 is 0 Å². The molecule has 12 heavy (non-hydrogen) atoms. The summed E-state index contributed by atoms with van der Waals surface area (Å²) in [5.41, 5.74) is 1.81. The first-order valence-corrected chi connectivity index (χ1v) is 5.12. The maximum absolute atomic E-state index is 4.11. The van der Waals surface area contributed by atoms with E-state index in [1.165, 1.54) is 24.8 Å². The summed E-state index contributed by atoms with van der Waals surface area (Å²) in [6.45, 7) is 13.4. The van der Waals surface area contributed by atoms with Gasteiger partial charge in [0.1, 0.15) is 0 Å². The Balaban J connectivity index is 2.66. The minimum absolute atomic E-state index is 0.436. The van der Waals surface area contributed by atoms with Crippen molar-refractivity contribution in [2.24, 2.45) is 17.3 Å². The summed E-state index contributed by atoms with van der Waals surface area (Å²) in [6, 6.07) is 0. The maximum Gasteiger partial charge on any atom is -0.0119 e. The molecule has 0 saturated heterocycles. The Morgan fingerprint density at radius 1 is 1.33 bits per heavy atom. The van der Waals surface area contributed by atoms with E-state index in [1.807, 2.05) is 0 Å². The Kier molecular flexibility index (Phi) is 2.65. The van der Waals surface area contributed by atoms with E-state index in [-0.39, 0.29) is 0 Å². The minimum atomic E-state index is 0.436. The lowest BCUT2D eigenvalue weighted by Gasteiger charge is -2.41. The van der Waals surface area contributed by atoms with Crippen LogP contribution in [0, 0.1) is 17.3 Å². The average Bonchev–Trinajstić information content (AvgIpc) is 1.97. The quantitative estimate of drug-likeness (QED) is 0.516. The van der Waals surface area contributed by atoms with E-state index in [1.54, 1.807) is 0 Å². The van der Waals surface area contributed by atoms with Crippen LogP contribution in [-0.4, -0.2) is 0 Å². The molecule has 0 aromatic rings. The van der Waals surface area contributed by atoms with Crippen LogP contribution in [0.4, 0.5) is 0 Å². The molecule has 0 nitrogen and oxygen atoms in total. The van der Waals surface area contributed by atoms with Crippen LogP contribution in [0.1, 0.15) is 47.0 Å². The van der Waals surface area contributed by atoms with Crippen LogP contribution < -0.4 is 0 Å². The topological polar surface area (TPSA) is 0 Å². The second-order valence-corrected chi connectivity index (χ2v) is 5.04. The standard InChI is InChI=1S/C12H22/c1-9(2)12(5)7-6-10(3)11(4)8-12/h10-11H,1,6-8H2,2-5H3. The SMILES string of the molecule is C=C(C)C1(C)CCC(C)C(C)C1. The highest BCUT2D eigenvalue weighted by Crippen LogP contribution is 2.45. The van der Waals surface area contributed by atoms with Crippen LogP contribution in [-0.2, 0) is 0 Å². The van der Waals surface area contributed by atoms with Crippen LogP contribution in [0.25, 0.3) is 0 Å². The zero-order valence-electron chi connectivity index (χ0n) is 8.98. The van der Waals surface area contributed by atoms with Gasteiger partial charge in [-0.25, -0.2) is 0 Å². The maximum atomic E-state index is 4.11. The molecule has 0 aromatic heterocycles. The Hall–Kier alpha value is -0.260. The van der Waals surface area contributed by atoms with Crippen molar-refractivity contribution in [1.82, 2.24) is 0 Å². The van der Waals surface area contributed by atoms with Crippen molar-refractivity contribution in [1.29, 1.82) is 0 Å². The molecule has 0 N–H and O–H groups in total. The first kappa shape index (κ1) is 9.83. The molecule has 1 rings (SSSR count). The Morgan fingerprint density at radius 3 is 2.33 bits per heavy atom. The third kappa shape index (κ3) is 1.73. The second kappa shape index (κ2) is 3.24. The molecule has 1 aliphatic rings. The molecule has 70 valence electrons. The minimum Gasteiger partial charge on any atom is -0.0996 e. The zero-order chi connectivity index (χ0) is 9.35. The van der Waals surface area contributed by atoms with Crippen molar-refractivity contribution in [2.75, 3.05) is 0 Å². The Bertz CT molecular complexity index is 180. The van der Waals surface area contributed by atoms with Gasteiger partial charge in [0.25, 0.3) is 0 Å². The fraction of sp³-hybridized carbons (Fsp3) is 0.833. The lowest BCUT2D eigenvalue weighted by atomic mass is 9.64. The van der Waals surface area contributed by atoms with Crippen LogP contribution in [0.15, 0.2) is 12.2 Å². The molecule has 1 saturated carbocycles. The Labute approximate surface area is 77.1 Å². The van der Waals surface area contributed by atoms with E-state index < -0.39 is 0 Å². The van der Waals surface area contributed by atoms with Gasteiger partial charge in [-0.2, -0.15) is 0 Å². The van der Waals surface area contributed by atoms with Gasteiger partial charge >= 0.3 is 0 Å². The van der Waals surface area contributed by atoms with Crippen LogP contribution in [0.5, 0.6) is 0 Å². The van der Waals surface area contributed by atoms with Crippen molar-refractivity contribution in [3.05, 3.63) is 12.2 Å². The van der Waals surface area contributed by atoms with E-state index in [9.17, 15) is 0 Å². The lowest BCUT2D eigenvalue weighted by Crippen LogP contribution is -2.29. The molecule has 0 bridgehead atoms. The third-order valence-corrected chi connectivity index (χ3v) is 3.93. The molecule has 0 aromatic carbocycles. The van der Waals surface area contributed by atoms with Gasteiger partial charge in [-0.15, -0.1) is 0 Å². The fourth-order valence-electron chi connectivity index (χ4n) is 2.23. The molecule has 0 amide bonds. The van der Waals surface area contributed by atoms with Crippen LogP contribution in [0.2, 0.25) is 0 Å². The van der Waals surface area contributed by atoms with E-state index in [0.29, 0.717) is 5.41 Å². The molecule has 3 atom stereocenters. The smallest absolute Gasteiger partial charge is 0.0119 e. The Morgan fingerprint density at radius 2 is 1.92 bits per heavy atom. The largest absolute Gasteiger partial charge is 0.0996 e. The fourth-order valence-corrected chi connectivity index (χ4v) is 2.23. The zero-order valence-corrected chi connectivity index (χ0v) is 8.98. The van der Waals surface area contributed by atoms with Gasteiger partial charge in [0, 0.05) is 0 Å². The summed E-state index contributed by atoms with van der Waals surface area (Å²) in [5.74, 6) is 1.79. The highest BCUT2D eigenvalue weighted by molar-refractivity contribution is 5.07.